The van der Waals surface area contributed by atoms with Crippen LogP contribution < -0.4 is 0 Å². The Hall–Kier alpha value is -2.16. The third-order valence-electron chi connectivity index (χ3n) is 2.77. The van der Waals surface area contributed by atoms with Gasteiger partial charge in [0.1, 0.15) is 0 Å². The van der Waals surface area contributed by atoms with Gasteiger partial charge in [0.05, 0.1) is 5.69 Å². The van der Waals surface area contributed by atoms with Gasteiger partial charge in [-0.2, -0.15) is 0 Å². The Morgan fingerprint density at radius 3 is 2.71 bits per heavy atom. The lowest BCUT2D eigenvalue weighted by Gasteiger charge is -2.05. The molecule has 0 radical (unpaired) electrons. The summed E-state index contributed by atoms with van der Waals surface area (Å²) in [5.74, 6) is -0.140. The molecule has 86 valence electrons. The number of aldehydes is 1. The van der Waals surface area contributed by atoms with Crippen LogP contribution in [0, 0.1) is 13.8 Å². The Kier molecular flexibility index (Phi) is 2.91. The van der Waals surface area contributed by atoms with Crippen molar-refractivity contribution in [2.45, 2.75) is 13.8 Å². The lowest BCUT2D eigenvalue weighted by atomic mass is 9.99. The number of benzene rings is 1. The SMILES string of the molecule is Cc1ccc(C)c(C(=O)c2[nH]ccc2C=O)c1. The fraction of sp³-hybridized carbons (Fsp3) is 0.143. The van der Waals surface area contributed by atoms with Crippen LogP contribution in [0.15, 0.2) is 30.5 Å². The second-order valence-corrected chi connectivity index (χ2v) is 4.07. The molecular formula is C14H13NO2. The van der Waals surface area contributed by atoms with Crippen LogP contribution >= 0.6 is 0 Å². The molecule has 0 aliphatic carbocycles. The molecule has 3 nitrogen and oxygen atoms in total. The molecule has 0 saturated heterocycles. The van der Waals surface area contributed by atoms with E-state index < -0.39 is 0 Å². The van der Waals surface area contributed by atoms with Gasteiger partial charge in [-0.25, -0.2) is 0 Å². The maximum absolute atomic E-state index is 12.3. The highest BCUT2D eigenvalue weighted by Crippen LogP contribution is 2.16. The minimum Gasteiger partial charge on any atom is -0.358 e. The van der Waals surface area contributed by atoms with E-state index in [1.807, 2.05) is 32.0 Å². The second-order valence-electron chi connectivity index (χ2n) is 4.07. The summed E-state index contributed by atoms with van der Waals surface area (Å²) in [4.78, 5) is 25.9. The highest BCUT2D eigenvalue weighted by Gasteiger charge is 2.16. The first-order valence-corrected chi connectivity index (χ1v) is 5.38. The van der Waals surface area contributed by atoms with Crippen molar-refractivity contribution in [3.8, 4) is 0 Å². The highest BCUT2D eigenvalue weighted by molar-refractivity contribution is 6.12. The minimum absolute atomic E-state index is 0.140. The van der Waals surface area contributed by atoms with Crippen molar-refractivity contribution in [1.29, 1.82) is 0 Å². The number of carbonyl (C=O) groups is 2. The van der Waals surface area contributed by atoms with Gasteiger partial charge in [-0.05, 0) is 31.5 Å². The number of hydrogen-bond acceptors (Lipinski definition) is 2. The molecule has 0 atom stereocenters. The number of aromatic nitrogens is 1. The fourth-order valence-corrected chi connectivity index (χ4v) is 1.79. The van der Waals surface area contributed by atoms with Gasteiger partial charge in [0.2, 0.25) is 5.78 Å². The standard InChI is InChI=1S/C14H13NO2/c1-9-3-4-10(2)12(7-9)14(17)13-11(8-16)5-6-15-13/h3-8,15H,1-2H3. The van der Waals surface area contributed by atoms with E-state index in [0.717, 1.165) is 11.1 Å². The molecule has 1 heterocycles. The molecular weight excluding hydrogens is 214 g/mol. The van der Waals surface area contributed by atoms with Crippen molar-refractivity contribution in [1.82, 2.24) is 4.98 Å². The van der Waals surface area contributed by atoms with Crippen LogP contribution in [0.2, 0.25) is 0 Å². The lowest BCUT2D eigenvalue weighted by Crippen LogP contribution is -2.07. The van der Waals surface area contributed by atoms with E-state index in [1.165, 1.54) is 0 Å². The Labute approximate surface area is 99.5 Å². The number of hydrogen-bond donors (Lipinski definition) is 1. The molecule has 0 amide bonds. The summed E-state index contributed by atoms with van der Waals surface area (Å²) in [5, 5.41) is 0. The predicted octanol–water partition coefficient (Wildman–Crippen LogP) is 2.68. The second kappa shape index (κ2) is 4.37. The number of ketones is 1. The average molecular weight is 227 g/mol. The van der Waals surface area contributed by atoms with Crippen LogP contribution in [0.1, 0.15) is 37.5 Å². The van der Waals surface area contributed by atoms with Crippen molar-refractivity contribution in [3.05, 3.63) is 58.4 Å². The zero-order valence-corrected chi connectivity index (χ0v) is 9.78. The van der Waals surface area contributed by atoms with Crippen molar-refractivity contribution < 1.29 is 9.59 Å². The van der Waals surface area contributed by atoms with Crippen LogP contribution in [0.25, 0.3) is 0 Å². The van der Waals surface area contributed by atoms with Gasteiger partial charge in [0, 0.05) is 17.3 Å². The lowest BCUT2D eigenvalue weighted by molar-refractivity contribution is 0.102. The topological polar surface area (TPSA) is 49.9 Å². The normalized spacial score (nSPS) is 10.2. The maximum Gasteiger partial charge on any atom is 0.210 e. The first-order chi connectivity index (χ1) is 8.13. The summed E-state index contributed by atoms with van der Waals surface area (Å²) in [6, 6.07) is 7.31. The number of carbonyl (C=O) groups excluding carboxylic acids is 2. The Bertz CT molecular complexity index is 582. The summed E-state index contributed by atoms with van der Waals surface area (Å²) in [6.45, 7) is 3.82. The molecule has 0 fully saturated rings. The van der Waals surface area contributed by atoms with Gasteiger partial charge in [-0.1, -0.05) is 17.7 Å². The van der Waals surface area contributed by atoms with E-state index in [-0.39, 0.29) is 5.78 Å². The number of aromatic amines is 1. The average Bonchev–Trinajstić information content (AvgIpc) is 2.79. The van der Waals surface area contributed by atoms with Crippen LogP contribution in [0.4, 0.5) is 0 Å². The smallest absolute Gasteiger partial charge is 0.210 e. The van der Waals surface area contributed by atoms with E-state index in [1.54, 1.807) is 12.3 Å². The molecule has 1 N–H and O–H groups in total. The van der Waals surface area contributed by atoms with E-state index in [0.29, 0.717) is 23.1 Å². The Morgan fingerprint density at radius 2 is 2.00 bits per heavy atom. The molecule has 2 aromatic rings. The Morgan fingerprint density at radius 1 is 1.24 bits per heavy atom. The van der Waals surface area contributed by atoms with Crippen LogP contribution in [-0.4, -0.2) is 17.1 Å². The molecule has 0 bridgehead atoms. The van der Waals surface area contributed by atoms with E-state index in [4.69, 9.17) is 0 Å². The quantitative estimate of drug-likeness (QED) is 0.647. The highest BCUT2D eigenvalue weighted by atomic mass is 16.1. The number of nitrogens with one attached hydrogen (secondary N) is 1. The van der Waals surface area contributed by atoms with Crippen molar-refractivity contribution in [2.24, 2.45) is 0 Å². The largest absolute Gasteiger partial charge is 0.358 e. The van der Waals surface area contributed by atoms with Gasteiger partial charge in [-0.3, -0.25) is 9.59 Å². The monoisotopic (exact) mass is 227 g/mol. The minimum atomic E-state index is -0.140. The van der Waals surface area contributed by atoms with Gasteiger partial charge >= 0.3 is 0 Å². The molecule has 0 spiro atoms. The van der Waals surface area contributed by atoms with E-state index in [2.05, 4.69) is 4.98 Å². The molecule has 17 heavy (non-hydrogen) atoms. The third kappa shape index (κ3) is 2.04. The van der Waals surface area contributed by atoms with Crippen LogP contribution in [-0.2, 0) is 0 Å². The Balaban J connectivity index is 2.51. The number of H-pyrrole nitrogens is 1. The third-order valence-corrected chi connectivity index (χ3v) is 2.77. The van der Waals surface area contributed by atoms with Crippen LogP contribution in [0.3, 0.4) is 0 Å². The molecule has 0 aliphatic rings. The van der Waals surface area contributed by atoms with Crippen LogP contribution in [0.5, 0.6) is 0 Å². The fourth-order valence-electron chi connectivity index (χ4n) is 1.79. The summed E-state index contributed by atoms with van der Waals surface area (Å²) in [6.07, 6.45) is 2.29. The maximum atomic E-state index is 12.3. The molecule has 1 aromatic carbocycles. The zero-order valence-electron chi connectivity index (χ0n) is 9.78. The summed E-state index contributed by atoms with van der Waals surface area (Å²) in [5.41, 5.74) is 3.32. The molecule has 2 rings (SSSR count). The zero-order chi connectivity index (χ0) is 12.4. The number of aryl methyl sites for hydroxylation is 2. The van der Waals surface area contributed by atoms with Crippen molar-refractivity contribution in [3.63, 3.8) is 0 Å². The first-order valence-electron chi connectivity index (χ1n) is 5.38. The molecule has 3 heteroatoms. The number of rotatable bonds is 3. The molecule has 1 aromatic heterocycles. The summed E-state index contributed by atoms with van der Waals surface area (Å²) in [7, 11) is 0. The predicted molar refractivity (Wildman–Crippen MR) is 65.5 cm³/mol. The molecule has 0 unspecified atom stereocenters. The van der Waals surface area contributed by atoms with Gasteiger partial charge in [-0.15, -0.1) is 0 Å². The first kappa shape index (κ1) is 11.3. The summed E-state index contributed by atoms with van der Waals surface area (Å²) < 4.78 is 0. The van der Waals surface area contributed by atoms with Gasteiger partial charge in [0.15, 0.2) is 6.29 Å². The van der Waals surface area contributed by atoms with Gasteiger partial charge < -0.3 is 4.98 Å². The summed E-state index contributed by atoms with van der Waals surface area (Å²) >= 11 is 0. The van der Waals surface area contributed by atoms with Crippen molar-refractivity contribution in [2.75, 3.05) is 0 Å². The van der Waals surface area contributed by atoms with Crippen molar-refractivity contribution >= 4 is 12.1 Å². The van der Waals surface area contributed by atoms with E-state index in [9.17, 15) is 9.59 Å². The molecule has 0 aliphatic heterocycles. The van der Waals surface area contributed by atoms with E-state index >= 15 is 0 Å². The molecule has 0 saturated carbocycles. The van der Waals surface area contributed by atoms with Gasteiger partial charge in [0.25, 0.3) is 0 Å².